The van der Waals surface area contributed by atoms with Crippen molar-refractivity contribution in [1.29, 1.82) is 0 Å². The third-order valence-electron chi connectivity index (χ3n) is 5.55. The molecule has 11 nitrogen and oxygen atoms in total. The number of piperazine rings is 1. The number of rotatable bonds is 8. The number of likely N-dealkylation sites (N-methyl/N-ethyl adjacent to an activating group) is 1. The Hall–Kier alpha value is -2.90. The molecule has 12 heteroatoms. The van der Waals surface area contributed by atoms with Crippen molar-refractivity contribution < 1.29 is 17.7 Å². The lowest BCUT2D eigenvalue weighted by atomic mass is 10.1. The maximum Gasteiger partial charge on any atom is 0.297 e. The van der Waals surface area contributed by atoms with E-state index in [1.165, 1.54) is 10.9 Å². The quantitative estimate of drug-likeness (QED) is 0.434. The van der Waals surface area contributed by atoms with E-state index in [1.807, 2.05) is 7.05 Å². The summed E-state index contributed by atoms with van der Waals surface area (Å²) in [6.07, 6.45) is 5.85. The minimum absolute atomic E-state index is 0.185. The highest BCUT2D eigenvalue weighted by molar-refractivity contribution is 7.85. The lowest BCUT2D eigenvalue weighted by molar-refractivity contribution is 0.185. The second-order valence-corrected chi connectivity index (χ2v) is 9.54. The summed E-state index contributed by atoms with van der Waals surface area (Å²) in [6, 6.07) is 8.38. The van der Waals surface area contributed by atoms with Gasteiger partial charge in [0.1, 0.15) is 10.6 Å². The van der Waals surface area contributed by atoms with Gasteiger partial charge in [-0.25, -0.2) is 4.98 Å². The van der Waals surface area contributed by atoms with E-state index in [9.17, 15) is 8.42 Å². The van der Waals surface area contributed by atoms with Gasteiger partial charge in [0.2, 0.25) is 0 Å². The molecule has 3 aromatic rings. The Morgan fingerprint density at radius 3 is 2.31 bits per heavy atom. The van der Waals surface area contributed by atoms with Gasteiger partial charge in [-0.05, 0) is 12.6 Å². The van der Waals surface area contributed by atoms with Gasteiger partial charge in [-0.15, -0.1) is 0 Å². The Morgan fingerprint density at radius 2 is 1.77 bits per heavy atom. The molecule has 0 spiro atoms. The molecule has 35 heavy (non-hydrogen) atoms. The maximum atomic E-state index is 10.3. The molecule has 0 bridgehead atoms. The van der Waals surface area contributed by atoms with E-state index in [0.717, 1.165) is 68.1 Å². The average molecular weight is 504 g/mol. The summed E-state index contributed by atoms with van der Waals surface area (Å²) in [6.45, 7) is 6.84. The van der Waals surface area contributed by atoms with Crippen LogP contribution >= 0.6 is 0 Å². The van der Waals surface area contributed by atoms with Crippen LogP contribution in [0.1, 0.15) is 5.56 Å². The standard InChI is InChI=1S/C19H27N5O.C4H6N2O3S/c1-20-9-10-23-11-13-24(14-12-23)19-18(21-7-8-22-19)17-5-3-16(4-6-17)15-25-2;1-6-3-4(2-5-6)10(7,8)9/h3-8,20H,9-15H2,1-2H3;2-3H,1H3,(H,7,8,9). The SMILES string of the molecule is CNCCN1CCN(c2nccnc2-c2ccc(COC)cc2)CC1.Cn1cc(S(=O)(=O)O)cn1. The molecule has 3 heterocycles. The molecular formula is C23H33N7O4S. The molecule has 4 rings (SSSR count). The Balaban J connectivity index is 0.000000287. The van der Waals surface area contributed by atoms with Gasteiger partial charge in [0.25, 0.3) is 10.1 Å². The van der Waals surface area contributed by atoms with Gasteiger partial charge in [0, 0.05) is 77.6 Å². The van der Waals surface area contributed by atoms with Crippen LogP contribution in [0, 0.1) is 0 Å². The number of aryl methyl sites for hydroxylation is 1. The fourth-order valence-corrected chi connectivity index (χ4v) is 4.14. The first-order valence-electron chi connectivity index (χ1n) is 11.3. The molecule has 0 atom stereocenters. The smallest absolute Gasteiger partial charge is 0.297 e. The predicted molar refractivity (Wildman–Crippen MR) is 134 cm³/mol. The van der Waals surface area contributed by atoms with Crippen molar-refractivity contribution in [3.05, 3.63) is 54.6 Å². The topological polar surface area (TPSA) is 126 Å². The normalized spacial score (nSPS) is 14.5. The summed E-state index contributed by atoms with van der Waals surface area (Å²) in [5.41, 5.74) is 3.21. The fourth-order valence-electron chi connectivity index (χ4n) is 3.68. The van der Waals surface area contributed by atoms with Gasteiger partial charge in [0.15, 0.2) is 5.82 Å². The molecule has 1 saturated heterocycles. The molecule has 1 aliphatic rings. The Bertz CT molecular complexity index is 1160. The minimum atomic E-state index is -4.07. The number of anilines is 1. The van der Waals surface area contributed by atoms with Crippen LogP contribution in [0.2, 0.25) is 0 Å². The van der Waals surface area contributed by atoms with Crippen molar-refractivity contribution in [2.24, 2.45) is 7.05 Å². The van der Waals surface area contributed by atoms with E-state index in [4.69, 9.17) is 9.29 Å². The van der Waals surface area contributed by atoms with E-state index < -0.39 is 10.1 Å². The summed E-state index contributed by atoms with van der Waals surface area (Å²) >= 11 is 0. The maximum absolute atomic E-state index is 10.3. The monoisotopic (exact) mass is 503 g/mol. The van der Waals surface area contributed by atoms with E-state index in [-0.39, 0.29) is 4.90 Å². The number of benzene rings is 1. The first kappa shape index (κ1) is 26.7. The summed E-state index contributed by atoms with van der Waals surface area (Å²) in [7, 11) is 1.21. The average Bonchev–Trinajstić information content (AvgIpc) is 3.31. The molecular weight excluding hydrogens is 470 g/mol. The van der Waals surface area contributed by atoms with Gasteiger partial charge in [-0.3, -0.25) is 19.1 Å². The van der Waals surface area contributed by atoms with Crippen LogP contribution in [-0.4, -0.2) is 91.0 Å². The second-order valence-electron chi connectivity index (χ2n) is 8.12. The van der Waals surface area contributed by atoms with Crippen molar-refractivity contribution in [3.63, 3.8) is 0 Å². The largest absolute Gasteiger partial charge is 0.380 e. The van der Waals surface area contributed by atoms with Gasteiger partial charge < -0.3 is 15.0 Å². The van der Waals surface area contributed by atoms with E-state index in [0.29, 0.717) is 6.61 Å². The van der Waals surface area contributed by atoms with Gasteiger partial charge >= 0.3 is 0 Å². The van der Waals surface area contributed by atoms with E-state index >= 15 is 0 Å². The van der Waals surface area contributed by atoms with Crippen LogP contribution in [-0.2, 0) is 28.5 Å². The second kappa shape index (κ2) is 12.7. The number of hydrogen-bond acceptors (Lipinski definition) is 9. The lowest BCUT2D eigenvalue weighted by Crippen LogP contribution is -2.48. The molecule has 2 aromatic heterocycles. The molecule has 1 aromatic carbocycles. The molecule has 0 aliphatic carbocycles. The highest BCUT2D eigenvalue weighted by Crippen LogP contribution is 2.27. The van der Waals surface area contributed by atoms with Gasteiger partial charge in [-0.2, -0.15) is 13.5 Å². The molecule has 0 radical (unpaired) electrons. The number of nitrogens with one attached hydrogen (secondary N) is 1. The van der Waals surface area contributed by atoms with Crippen molar-refractivity contribution in [2.45, 2.75) is 11.5 Å². The Labute approximate surface area is 206 Å². The third kappa shape index (κ3) is 7.80. The number of nitrogens with zero attached hydrogens (tertiary/aromatic N) is 6. The lowest BCUT2D eigenvalue weighted by Gasteiger charge is -2.35. The van der Waals surface area contributed by atoms with E-state index in [1.54, 1.807) is 26.6 Å². The first-order chi connectivity index (χ1) is 16.8. The van der Waals surface area contributed by atoms with Crippen LogP contribution in [0.4, 0.5) is 5.82 Å². The summed E-state index contributed by atoms with van der Waals surface area (Å²) in [5.74, 6) is 0.982. The van der Waals surface area contributed by atoms with Crippen molar-refractivity contribution in [2.75, 3.05) is 58.3 Å². The van der Waals surface area contributed by atoms with Gasteiger partial charge in [-0.1, -0.05) is 24.3 Å². The number of aromatic nitrogens is 4. The van der Waals surface area contributed by atoms with Crippen molar-refractivity contribution >= 4 is 15.9 Å². The molecule has 1 aliphatic heterocycles. The van der Waals surface area contributed by atoms with Crippen LogP contribution in [0.5, 0.6) is 0 Å². The zero-order valence-electron chi connectivity index (χ0n) is 20.3. The van der Waals surface area contributed by atoms with Crippen molar-refractivity contribution in [1.82, 2.24) is 30.0 Å². The number of hydrogen-bond donors (Lipinski definition) is 2. The minimum Gasteiger partial charge on any atom is -0.380 e. The summed E-state index contributed by atoms with van der Waals surface area (Å²) in [4.78, 5) is 13.9. The molecule has 0 amide bonds. The van der Waals surface area contributed by atoms with Crippen molar-refractivity contribution in [3.8, 4) is 11.3 Å². The Kier molecular flexibility index (Phi) is 9.69. The molecule has 2 N–H and O–H groups in total. The molecule has 1 fully saturated rings. The zero-order chi connectivity index (χ0) is 25.3. The number of methoxy groups -OCH3 is 1. The Morgan fingerprint density at radius 1 is 1.09 bits per heavy atom. The van der Waals surface area contributed by atoms with Crippen LogP contribution < -0.4 is 10.2 Å². The summed E-state index contributed by atoms with van der Waals surface area (Å²) in [5, 5.41) is 6.78. The van der Waals surface area contributed by atoms with Crippen LogP contribution in [0.15, 0.2) is 53.9 Å². The van der Waals surface area contributed by atoms with Crippen LogP contribution in [0.25, 0.3) is 11.3 Å². The predicted octanol–water partition coefficient (Wildman–Crippen LogP) is 1.30. The first-order valence-corrected chi connectivity index (χ1v) is 12.7. The van der Waals surface area contributed by atoms with Crippen LogP contribution in [0.3, 0.4) is 0 Å². The highest BCUT2D eigenvalue weighted by Gasteiger charge is 2.21. The fraction of sp³-hybridized carbons (Fsp3) is 0.435. The number of ether oxygens (including phenoxy) is 1. The molecule has 0 saturated carbocycles. The molecule has 0 unspecified atom stereocenters. The third-order valence-corrected chi connectivity index (χ3v) is 6.35. The highest BCUT2D eigenvalue weighted by atomic mass is 32.2. The van der Waals surface area contributed by atoms with Gasteiger partial charge in [0.05, 0.1) is 12.8 Å². The van der Waals surface area contributed by atoms with E-state index in [2.05, 4.69) is 54.4 Å². The summed E-state index contributed by atoms with van der Waals surface area (Å²) < 4.78 is 35.6. The zero-order valence-corrected chi connectivity index (χ0v) is 21.1. The molecule has 190 valence electrons.